The topological polar surface area (TPSA) is 58.3 Å². The lowest BCUT2D eigenvalue weighted by Crippen LogP contribution is -1.90. The van der Waals surface area contributed by atoms with Gasteiger partial charge in [-0.3, -0.25) is 0 Å². The number of nitrogens with one attached hydrogen (secondary N) is 1. The molecule has 19 heavy (non-hydrogen) atoms. The molecule has 0 amide bonds. The van der Waals surface area contributed by atoms with E-state index in [4.69, 9.17) is 4.42 Å². The zero-order valence-corrected chi connectivity index (χ0v) is 10.6. The van der Waals surface area contributed by atoms with E-state index in [1.165, 1.54) is 5.56 Å². The van der Waals surface area contributed by atoms with Gasteiger partial charge in [-0.1, -0.05) is 19.1 Å². The van der Waals surface area contributed by atoms with Crippen molar-refractivity contribution in [2.75, 3.05) is 5.32 Å². The van der Waals surface area contributed by atoms with Crippen LogP contribution in [0.15, 0.2) is 46.9 Å². The molecule has 0 fully saturated rings. The van der Waals surface area contributed by atoms with Crippen LogP contribution in [0, 0.1) is 0 Å². The van der Waals surface area contributed by atoms with E-state index in [-0.39, 0.29) is 5.75 Å². The predicted octanol–water partition coefficient (Wildman–Crippen LogP) is 3.84. The van der Waals surface area contributed by atoms with Crippen LogP contribution in [0.1, 0.15) is 12.5 Å². The first-order chi connectivity index (χ1) is 9.24. The van der Waals surface area contributed by atoms with Gasteiger partial charge in [0.25, 0.3) is 6.01 Å². The van der Waals surface area contributed by atoms with Crippen LogP contribution in [0.2, 0.25) is 0 Å². The van der Waals surface area contributed by atoms with Gasteiger partial charge < -0.3 is 14.8 Å². The third kappa shape index (κ3) is 2.38. The lowest BCUT2D eigenvalue weighted by Gasteiger charge is -2.02. The van der Waals surface area contributed by atoms with Crippen LogP contribution in [0.5, 0.6) is 5.75 Å². The number of benzene rings is 2. The minimum absolute atomic E-state index is 0.180. The summed E-state index contributed by atoms with van der Waals surface area (Å²) in [5.74, 6) is 0.180. The summed E-state index contributed by atoms with van der Waals surface area (Å²) in [5.41, 5.74) is 3.49. The van der Waals surface area contributed by atoms with Crippen molar-refractivity contribution in [3.8, 4) is 5.75 Å². The first-order valence-electron chi connectivity index (χ1n) is 6.20. The van der Waals surface area contributed by atoms with Crippen molar-refractivity contribution in [3.05, 3.63) is 48.0 Å². The fourth-order valence-corrected chi connectivity index (χ4v) is 1.92. The summed E-state index contributed by atoms with van der Waals surface area (Å²) in [5, 5.41) is 12.5. The highest BCUT2D eigenvalue weighted by Gasteiger charge is 2.06. The van der Waals surface area contributed by atoms with Crippen molar-refractivity contribution in [1.29, 1.82) is 0 Å². The number of phenolic OH excluding ortho intramolecular Hbond substituents is 1. The molecule has 3 aromatic rings. The molecule has 1 heterocycles. The van der Waals surface area contributed by atoms with E-state index in [1.54, 1.807) is 18.2 Å². The quantitative estimate of drug-likeness (QED) is 0.745. The fraction of sp³-hybridized carbons (Fsp3) is 0.133. The van der Waals surface area contributed by atoms with Gasteiger partial charge in [0, 0.05) is 11.8 Å². The van der Waals surface area contributed by atoms with Gasteiger partial charge in [-0.2, -0.15) is 4.98 Å². The van der Waals surface area contributed by atoms with Crippen LogP contribution in [0.3, 0.4) is 0 Å². The van der Waals surface area contributed by atoms with Gasteiger partial charge in [0.05, 0.1) is 0 Å². The molecule has 1 aromatic heterocycles. The molecule has 0 saturated carbocycles. The van der Waals surface area contributed by atoms with E-state index >= 15 is 0 Å². The molecule has 0 aliphatic carbocycles. The van der Waals surface area contributed by atoms with Crippen LogP contribution in [0.4, 0.5) is 11.7 Å². The molecule has 0 saturated heterocycles. The highest BCUT2D eigenvalue weighted by Crippen LogP contribution is 2.24. The zero-order chi connectivity index (χ0) is 13.2. The SMILES string of the molecule is CCc1ccc(Nc2nc3cc(O)ccc3o2)cc1. The van der Waals surface area contributed by atoms with E-state index in [9.17, 15) is 5.11 Å². The Morgan fingerprint density at radius 3 is 2.68 bits per heavy atom. The van der Waals surface area contributed by atoms with Crippen molar-refractivity contribution >= 4 is 22.8 Å². The van der Waals surface area contributed by atoms with Crippen LogP contribution in [0.25, 0.3) is 11.1 Å². The second kappa shape index (κ2) is 4.65. The van der Waals surface area contributed by atoms with Gasteiger partial charge in [-0.05, 0) is 36.2 Å². The molecule has 0 unspecified atom stereocenters. The van der Waals surface area contributed by atoms with Gasteiger partial charge in [0.15, 0.2) is 5.58 Å². The van der Waals surface area contributed by atoms with Gasteiger partial charge in [0.1, 0.15) is 11.3 Å². The number of aromatic hydroxyl groups is 1. The first-order valence-corrected chi connectivity index (χ1v) is 6.20. The largest absolute Gasteiger partial charge is 0.508 e. The van der Waals surface area contributed by atoms with Crippen LogP contribution < -0.4 is 5.32 Å². The Bertz CT molecular complexity index is 702. The molecule has 0 radical (unpaired) electrons. The molecule has 4 nitrogen and oxygen atoms in total. The molecular weight excluding hydrogens is 240 g/mol. The van der Waals surface area contributed by atoms with Crippen molar-refractivity contribution in [2.24, 2.45) is 0 Å². The molecule has 0 aliphatic rings. The van der Waals surface area contributed by atoms with E-state index in [2.05, 4.69) is 29.4 Å². The maximum absolute atomic E-state index is 9.38. The normalized spacial score (nSPS) is 10.8. The van der Waals surface area contributed by atoms with Crippen molar-refractivity contribution in [3.63, 3.8) is 0 Å². The Morgan fingerprint density at radius 1 is 1.16 bits per heavy atom. The van der Waals surface area contributed by atoms with E-state index in [0.29, 0.717) is 17.1 Å². The standard InChI is InChI=1S/C15H14N2O2/c1-2-10-3-5-11(6-4-10)16-15-17-13-9-12(18)7-8-14(13)19-15/h3-9,18H,2H2,1H3,(H,16,17). The summed E-state index contributed by atoms with van der Waals surface area (Å²) in [6, 6.07) is 13.4. The smallest absolute Gasteiger partial charge is 0.300 e. The zero-order valence-electron chi connectivity index (χ0n) is 10.6. The molecule has 96 valence electrons. The number of phenols is 1. The monoisotopic (exact) mass is 254 g/mol. The Balaban J connectivity index is 1.87. The fourth-order valence-electron chi connectivity index (χ4n) is 1.92. The maximum Gasteiger partial charge on any atom is 0.300 e. The molecule has 2 N–H and O–H groups in total. The summed E-state index contributed by atoms with van der Waals surface area (Å²) in [6.07, 6.45) is 1.02. The Hall–Kier alpha value is -2.49. The highest BCUT2D eigenvalue weighted by molar-refractivity contribution is 5.76. The lowest BCUT2D eigenvalue weighted by molar-refractivity contribution is 0.476. The Labute approximate surface area is 110 Å². The first kappa shape index (κ1) is 11.6. The number of aryl methyl sites for hydroxylation is 1. The molecule has 0 bridgehead atoms. The number of anilines is 2. The van der Waals surface area contributed by atoms with E-state index in [0.717, 1.165) is 12.1 Å². The summed E-state index contributed by atoms with van der Waals surface area (Å²) in [7, 11) is 0. The molecule has 2 aromatic carbocycles. The van der Waals surface area contributed by atoms with E-state index < -0.39 is 0 Å². The number of rotatable bonds is 3. The number of oxazole rings is 1. The number of hydrogen-bond acceptors (Lipinski definition) is 4. The van der Waals surface area contributed by atoms with Gasteiger partial charge in [-0.15, -0.1) is 0 Å². The van der Waals surface area contributed by atoms with Crippen molar-refractivity contribution < 1.29 is 9.52 Å². The molecule has 0 spiro atoms. The Morgan fingerprint density at radius 2 is 1.95 bits per heavy atom. The average Bonchev–Trinajstić information content (AvgIpc) is 2.81. The minimum Gasteiger partial charge on any atom is -0.508 e. The summed E-state index contributed by atoms with van der Waals surface area (Å²) in [6.45, 7) is 2.12. The van der Waals surface area contributed by atoms with E-state index in [1.807, 2.05) is 12.1 Å². The number of aromatic nitrogens is 1. The second-order valence-electron chi connectivity index (χ2n) is 4.35. The third-order valence-corrected chi connectivity index (χ3v) is 2.98. The molecule has 0 aliphatic heterocycles. The maximum atomic E-state index is 9.38. The van der Waals surface area contributed by atoms with Gasteiger partial charge in [-0.25, -0.2) is 0 Å². The summed E-state index contributed by atoms with van der Waals surface area (Å²) >= 11 is 0. The minimum atomic E-state index is 0.180. The highest BCUT2D eigenvalue weighted by atomic mass is 16.4. The molecule has 3 rings (SSSR count). The van der Waals surface area contributed by atoms with Crippen LogP contribution in [-0.2, 0) is 6.42 Å². The van der Waals surface area contributed by atoms with Gasteiger partial charge in [0.2, 0.25) is 0 Å². The van der Waals surface area contributed by atoms with Crippen molar-refractivity contribution in [2.45, 2.75) is 13.3 Å². The summed E-state index contributed by atoms with van der Waals surface area (Å²) in [4.78, 5) is 4.27. The Kier molecular flexibility index (Phi) is 2.83. The third-order valence-electron chi connectivity index (χ3n) is 2.98. The second-order valence-corrected chi connectivity index (χ2v) is 4.35. The molecule has 4 heteroatoms. The van der Waals surface area contributed by atoms with Crippen LogP contribution in [-0.4, -0.2) is 10.1 Å². The average molecular weight is 254 g/mol. The van der Waals surface area contributed by atoms with Crippen LogP contribution >= 0.6 is 0 Å². The summed E-state index contributed by atoms with van der Waals surface area (Å²) < 4.78 is 5.55. The number of nitrogens with zero attached hydrogens (tertiary/aromatic N) is 1. The predicted molar refractivity (Wildman–Crippen MR) is 74.8 cm³/mol. The lowest BCUT2D eigenvalue weighted by atomic mass is 10.1. The number of hydrogen-bond donors (Lipinski definition) is 2. The molecular formula is C15H14N2O2. The molecule has 0 atom stereocenters. The van der Waals surface area contributed by atoms with Crippen molar-refractivity contribution in [1.82, 2.24) is 4.98 Å². The number of fused-ring (bicyclic) bond motifs is 1. The van der Waals surface area contributed by atoms with Gasteiger partial charge >= 0.3 is 0 Å².